The van der Waals surface area contributed by atoms with Crippen LogP contribution < -0.4 is 5.32 Å². The van der Waals surface area contributed by atoms with Crippen molar-refractivity contribution in [2.45, 2.75) is 33.2 Å². The number of esters is 1. The molecule has 3 aromatic rings. The first kappa shape index (κ1) is 19.7. The van der Waals surface area contributed by atoms with E-state index < -0.39 is 0 Å². The smallest absolute Gasteiger partial charge is 0.338 e. The van der Waals surface area contributed by atoms with Crippen LogP contribution in [-0.2, 0) is 11.3 Å². The summed E-state index contributed by atoms with van der Waals surface area (Å²) in [6, 6.07) is 16.0. The third kappa shape index (κ3) is 4.83. The lowest BCUT2D eigenvalue weighted by Crippen LogP contribution is -2.04. The number of anilines is 1. The van der Waals surface area contributed by atoms with Gasteiger partial charge < -0.3 is 14.6 Å². The number of allylic oxidation sites excluding steroid dienone is 1. The molecule has 1 heterocycles. The second-order valence-corrected chi connectivity index (χ2v) is 6.66. The number of hydrogen-bond acceptors (Lipinski definition) is 3. The molecular formula is C24H28N2O2. The summed E-state index contributed by atoms with van der Waals surface area (Å²) in [7, 11) is 0. The van der Waals surface area contributed by atoms with Gasteiger partial charge in [0.25, 0.3) is 0 Å². The fourth-order valence-electron chi connectivity index (χ4n) is 3.28. The second kappa shape index (κ2) is 9.79. The van der Waals surface area contributed by atoms with Gasteiger partial charge >= 0.3 is 5.97 Å². The summed E-state index contributed by atoms with van der Waals surface area (Å²) < 4.78 is 7.35. The zero-order chi connectivity index (χ0) is 19.8. The minimum atomic E-state index is -0.268. The Morgan fingerprint density at radius 1 is 1.14 bits per heavy atom. The van der Waals surface area contributed by atoms with Crippen molar-refractivity contribution in [1.82, 2.24) is 4.57 Å². The predicted octanol–water partition coefficient (Wildman–Crippen LogP) is 5.74. The van der Waals surface area contributed by atoms with Crippen LogP contribution in [0, 0.1) is 0 Å². The van der Waals surface area contributed by atoms with Crippen molar-refractivity contribution >= 4 is 28.6 Å². The van der Waals surface area contributed by atoms with Crippen molar-refractivity contribution < 1.29 is 9.53 Å². The summed E-state index contributed by atoms with van der Waals surface area (Å²) in [6.45, 7) is 6.17. The van der Waals surface area contributed by atoms with Gasteiger partial charge in [0.2, 0.25) is 0 Å². The molecule has 0 unspecified atom stereocenters. The number of nitrogens with one attached hydrogen (secondary N) is 1. The molecule has 0 aliphatic heterocycles. The molecule has 3 rings (SSSR count). The highest BCUT2D eigenvalue weighted by atomic mass is 16.5. The molecule has 28 heavy (non-hydrogen) atoms. The highest BCUT2D eigenvalue weighted by Gasteiger charge is 2.11. The number of carbonyl (C=O) groups is 1. The summed E-state index contributed by atoms with van der Waals surface area (Å²) in [5.41, 5.74) is 4.04. The number of ether oxygens (including phenoxy) is 1. The molecule has 0 radical (unpaired) electrons. The standard InChI is InChI=1S/C24H28N2O2/c1-3-26-18-20(11-7-6-10-16-25-21-12-8-5-9-13-21)22-17-19(14-15-23(22)26)24(27)28-4-2/h5,7-9,11-15,17-18,25H,3-4,6,10,16H2,1-2H3. The number of fused-ring (bicyclic) bond motifs is 1. The predicted molar refractivity (Wildman–Crippen MR) is 117 cm³/mol. The van der Waals surface area contributed by atoms with Crippen molar-refractivity contribution in [3.05, 3.63) is 71.9 Å². The van der Waals surface area contributed by atoms with Crippen LogP contribution in [0.5, 0.6) is 0 Å². The summed E-state index contributed by atoms with van der Waals surface area (Å²) in [4.78, 5) is 12.1. The number of carbonyl (C=O) groups excluding carboxylic acids is 1. The molecule has 0 aliphatic carbocycles. The van der Waals surface area contributed by atoms with Crippen LogP contribution in [0.15, 0.2) is 60.8 Å². The number of hydrogen-bond donors (Lipinski definition) is 1. The van der Waals surface area contributed by atoms with Gasteiger partial charge in [-0.2, -0.15) is 0 Å². The Morgan fingerprint density at radius 3 is 2.71 bits per heavy atom. The van der Waals surface area contributed by atoms with E-state index in [2.05, 4.69) is 47.3 Å². The van der Waals surface area contributed by atoms with Gasteiger partial charge in [-0.25, -0.2) is 4.79 Å². The van der Waals surface area contributed by atoms with Crippen molar-refractivity contribution in [1.29, 1.82) is 0 Å². The Hall–Kier alpha value is -3.01. The lowest BCUT2D eigenvalue weighted by molar-refractivity contribution is 0.0526. The molecule has 0 saturated carbocycles. The first-order valence-corrected chi connectivity index (χ1v) is 9.98. The van der Waals surface area contributed by atoms with E-state index in [9.17, 15) is 4.79 Å². The molecule has 2 aromatic carbocycles. The first-order chi connectivity index (χ1) is 13.7. The van der Waals surface area contributed by atoms with Gasteiger partial charge in [0.15, 0.2) is 0 Å². The zero-order valence-electron chi connectivity index (χ0n) is 16.7. The average molecular weight is 377 g/mol. The third-order valence-electron chi connectivity index (χ3n) is 4.71. The third-order valence-corrected chi connectivity index (χ3v) is 4.71. The van der Waals surface area contributed by atoms with E-state index in [1.165, 1.54) is 0 Å². The first-order valence-electron chi connectivity index (χ1n) is 9.98. The highest BCUT2D eigenvalue weighted by Crippen LogP contribution is 2.25. The van der Waals surface area contributed by atoms with Gasteiger partial charge in [0.05, 0.1) is 12.2 Å². The molecular weight excluding hydrogens is 348 g/mol. The molecule has 0 atom stereocenters. The monoisotopic (exact) mass is 376 g/mol. The van der Waals surface area contributed by atoms with Crippen LogP contribution in [0.2, 0.25) is 0 Å². The van der Waals surface area contributed by atoms with E-state index >= 15 is 0 Å². The molecule has 0 spiro atoms. The van der Waals surface area contributed by atoms with Crippen LogP contribution in [-0.4, -0.2) is 23.7 Å². The van der Waals surface area contributed by atoms with Gasteiger partial charge in [0, 0.05) is 35.9 Å². The maximum Gasteiger partial charge on any atom is 0.338 e. The van der Waals surface area contributed by atoms with E-state index in [0.29, 0.717) is 12.2 Å². The largest absolute Gasteiger partial charge is 0.462 e. The Kier molecular flexibility index (Phi) is 6.90. The lowest BCUT2D eigenvalue weighted by atomic mass is 10.1. The Bertz CT molecular complexity index is 942. The van der Waals surface area contributed by atoms with Crippen molar-refractivity contribution in [3.63, 3.8) is 0 Å². The molecule has 146 valence electrons. The molecule has 4 nitrogen and oxygen atoms in total. The second-order valence-electron chi connectivity index (χ2n) is 6.66. The molecule has 0 fully saturated rings. The van der Waals surface area contributed by atoms with E-state index in [1.807, 2.05) is 43.3 Å². The normalized spacial score (nSPS) is 11.2. The van der Waals surface area contributed by atoms with E-state index in [-0.39, 0.29) is 5.97 Å². The average Bonchev–Trinajstić information content (AvgIpc) is 3.08. The molecule has 4 heteroatoms. The van der Waals surface area contributed by atoms with Crippen molar-refractivity contribution in [2.75, 3.05) is 18.5 Å². The number of aromatic nitrogens is 1. The number of para-hydroxylation sites is 1. The fourth-order valence-corrected chi connectivity index (χ4v) is 3.28. The zero-order valence-corrected chi connectivity index (χ0v) is 16.7. The minimum Gasteiger partial charge on any atom is -0.462 e. The van der Waals surface area contributed by atoms with Gasteiger partial charge in [-0.05, 0) is 62.6 Å². The molecule has 1 aromatic heterocycles. The van der Waals surface area contributed by atoms with E-state index in [0.717, 1.165) is 48.1 Å². The number of aryl methyl sites for hydroxylation is 1. The quantitative estimate of drug-likeness (QED) is 0.382. The molecule has 0 bridgehead atoms. The van der Waals surface area contributed by atoms with Gasteiger partial charge in [-0.3, -0.25) is 0 Å². The van der Waals surface area contributed by atoms with Crippen molar-refractivity contribution in [3.8, 4) is 0 Å². The highest BCUT2D eigenvalue weighted by molar-refractivity contribution is 5.97. The van der Waals surface area contributed by atoms with E-state index in [4.69, 9.17) is 4.74 Å². The summed E-state index contributed by atoms with van der Waals surface area (Å²) in [5, 5.41) is 4.52. The molecule has 0 saturated heterocycles. The van der Waals surface area contributed by atoms with Gasteiger partial charge in [-0.15, -0.1) is 0 Å². The van der Waals surface area contributed by atoms with Crippen LogP contribution in [0.4, 0.5) is 5.69 Å². The Balaban J connectivity index is 1.66. The van der Waals surface area contributed by atoms with Crippen LogP contribution in [0.25, 0.3) is 17.0 Å². The fraction of sp³-hybridized carbons (Fsp3) is 0.292. The summed E-state index contributed by atoms with van der Waals surface area (Å²) in [6.07, 6.45) is 8.57. The molecule has 0 amide bonds. The van der Waals surface area contributed by atoms with Crippen molar-refractivity contribution in [2.24, 2.45) is 0 Å². The SMILES string of the molecule is CCOC(=O)c1ccc2c(c1)c(C=CCCCNc1ccccc1)cn2CC. The van der Waals surface area contributed by atoms with Crippen LogP contribution in [0.1, 0.15) is 42.6 Å². The Morgan fingerprint density at radius 2 is 1.96 bits per heavy atom. The van der Waals surface area contributed by atoms with Crippen LogP contribution in [0.3, 0.4) is 0 Å². The van der Waals surface area contributed by atoms with Gasteiger partial charge in [0.1, 0.15) is 0 Å². The van der Waals surface area contributed by atoms with Crippen LogP contribution >= 0.6 is 0 Å². The van der Waals surface area contributed by atoms with E-state index in [1.54, 1.807) is 0 Å². The minimum absolute atomic E-state index is 0.268. The maximum atomic E-state index is 12.1. The van der Waals surface area contributed by atoms with Gasteiger partial charge in [-0.1, -0.05) is 30.4 Å². The number of nitrogens with zero attached hydrogens (tertiary/aromatic N) is 1. The number of rotatable bonds is 9. The topological polar surface area (TPSA) is 43.3 Å². The number of unbranched alkanes of at least 4 members (excludes halogenated alkanes) is 1. The molecule has 1 N–H and O–H groups in total. The lowest BCUT2D eigenvalue weighted by Gasteiger charge is -2.04. The number of benzene rings is 2. The summed E-state index contributed by atoms with van der Waals surface area (Å²) >= 11 is 0. The Labute approximate surface area is 166 Å². The summed E-state index contributed by atoms with van der Waals surface area (Å²) in [5.74, 6) is -0.268. The molecule has 0 aliphatic rings. The maximum absolute atomic E-state index is 12.1.